The number of hydrogen-bond acceptors (Lipinski definition) is 5. The summed E-state index contributed by atoms with van der Waals surface area (Å²) < 4.78 is 31.0. The first-order chi connectivity index (χ1) is 18.3. The Morgan fingerprint density at radius 1 is 0.947 bits per heavy atom. The van der Waals surface area contributed by atoms with Crippen LogP contribution in [0, 0.1) is 11.8 Å². The molecule has 0 radical (unpaired) electrons. The van der Waals surface area contributed by atoms with Crippen molar-refractivity contribution < 1.29 is 17.9 Å². The van der Waals surface area contributed by atoms with Crippen LogP contribution >= 0.6 is 0 Å². The van der Waals surface area contributed by atoms with Gasteiger partial charge in [0.25, 0.3) is 0 Å². The Morgan fingerprint density at radius 2 is 1.55 bits per heavy atom. The summed E-state index contributed by atoms with van der Waals surface area (Å²) in [6.07, 6.45) is 11.5. The highest BCUT2D eigenvalue weighted by Gasteiger charge is 2.30. The van der Waals surface area contributed by atoms with Gasteiger partial charge in [-0.25, -0.2) is 8.42 Å². The Morgan fingerprint density at radius 3 is 2.13 bits per heavy atom. The molecule has 2 fully saturated rings. The van der Waals surface area contributed by atoms with Gasteiger partial charge >= 0.3 is 0 Å². The molecule has 1 aliphatic heterocycles. The van der Waals surface area contributed by atoms with Crippen molar-refractivity contribution >= 4 is 21.6 Å². The number of carbonyl (C=O) groups excluding carboxylic acids is 1. The Balaban J connectivity index is 1.21. The number of amides is 1. The summed E-state index contributed by atoms with van der Waals surface area (Å²) in [5.41, 5.74) is 1.73. The average Bonchev–Trinajstić information content (AvgIpc) is 2.90. The number of nitrogens with one attached hydrogen (secondary N) is 2. The van der Waals surface area contributed by atoms with Gasteiger partial charge in [-0.1, -0.05) is 44.7 Å². The standard InChI is InChI=1S/C30H43N3O4S/c1-3-7-29(24-8-5-4-6-9-24)30(34)31-25-18-20-33(21-19-25)22-23-10-14-27(15-11-23)37-28-16-12-26(13-17-28)32-38(2,35)36/h10-17,24-25,29,32H,3-9,18-22H2,1-2H3,(H,31,34). The molecule has 2 N–H and O–H groups in total. The summed E-state index contributed by atoms with van der Waals surface area (Å²) in [5.74, 6) is 2.45. The minimum atomic E-state index is -3.30. The van der Waals surface area contributed by atoms with E-state index in [0.717, 1.165) is 57.3 Å². The van der Waals surface area contributed by atoms with E-state index < -0.39 is 10.0 Å². The molecule has 2 aromatic rings. The van der Waals surface area contributed by atoms with E-state index in [9.17, 15) is 13.2 Å². The summed E-state index contributed by atoms with van der Waals surface area (Å²) >= 11 is 0. The van der Waals surface area contributed by atoms with Gasteiger partial charge in [0.15, 0.2) is 0 Å². The number of likely N-dealkylation sites (tertiary alicyclic amines) is 1. The lowest BCUT2D eigenvalue weighted by atomic mass is 9.77. The second-order valence-corrected chi connectivity index (χ2v) is 12.7. The van der Waals surface area contributed by atoms with Gasteiger partial charge in [0.1, 0.15) is 11.5 Å². The van der Waals surface area contributed by atoms with Gasteiger partial charge in [-0.3, -0.25) is 14.4 Å². The van der Waals surface area contributed by atoms with Gasteiger partial charge in [-0.2, -0.15) is 0 Å². The third kappa shape index (κ3) is 8.73. The number of benzene rings is 2. The molecule has 8 heteroatoms. The van der Waals surface area contributed by atoms with E-state index in [2.05, 4.69) is 34.0 Å². The molecular formula is C30H43N3O4S. The van der Waals surface area contributed by atoms with Gasteiger partial charge in [-0.05, 0) is 80.0 Å². The number of ether oxygens (including phenoxy) is 1. The normalized spacial score (nSPS) is 18.6. The molecule has 1 atom stereocenters. The minimum absolute atomic E-state index is 0.196. The van der Waals surface area contributed by atoms with Crippen LogP contribution in [0.4, 0.5) is 5.69 Å². The molecule has 4 rings (SSSR count). The highest BCUT2D eigenvalue weighted by Crippen LogP contribution is 2.33. The van der Waals surface area contributed by atoms with Crippen LogP contribution in [0.2, 0.25) is 0 Å². The van der Waals surface area contributed by atoms with E-state index in [-0.39, 0.29) is 12.0 Å². The molecule has 1 heterocycles. The van der Waals surface area contributed by atoms with Crippen molar-refractivity contribution in [1.29, 1.82) is 0 Å². The number of anilines is 1. The van der Waals surface area contributed by atoms with Crippen molar-refractivity contribution in [2.24, 2.45) is 11.8 Å². The van der Waals surface area contributed by atoms with E-state index in [1.54, 1.807) is 24.3 Å². The zero-order valence-corrected chi connectivity index (χ0v) is 23.6. The first-order valence-electron chi connectivity index (χ1n) is 14.2. The smallest absolute Gasteiger partial charge is 0.229 e. The fourth-order valence-corrected chi connectivity index (χ4v) is 6.40. The van der Waals surface area contributed by atoms with Crippen molar-refractivity contribution in [2.45, 2.75) is 77.3 Å². The Bertz CT molecular complexity index is 1120. The van der Waals surface area contributed by atoms with E-state index in [1.807, 2.05) is 12.1 Å². The fourth-order valence-electron chi connectivity index (χ4n) is 5.83. The van der Waals surface area contributed by atoms with Crippen molar-refractivity contribution in [3.63, 3.8) is 0 Å². The molecule has 2 aliphatic rings. The molecule has 1 unspecified atom stereocenters. The molecular weight excluding hydrogens is 498 g/mol. The molecule has 38 heavy (non-hydrogen) atoms. The maximum absolute atomic E-state index is 13.1. The highest BCUT2D eigenvalue weighted by atomic mass is 32.2. The van der Waals surface area contributed by atoms with Crippen LogP contribution in [0.15, 0.2) is 48.5 Å². The lowest BCUT2D eigenvalue weighted by Crippen LogP contribution is -2.47. The van der Waals surface area contributed by atoms with E-state index in [4.69, 9.17) is 4.74 Å². The molecule has 1 aliphatic carbocycles. The molecule has 208 valence electrons. The van der Waals surface area contributed by atoms with Crippen LogP contribution in [0.25, 0.3) is 0 Å². The molecule has 2 aromatic carbocycles. The number of rotatable bonds is 11. The largest absolute Gasteiger partial charge is 0.457 e. The topological polar surface area (TPSA) is 87.7 Å². The van der Waals surface area contributed by atoms with E-state index in [1.165, 1.54) is 37.7 Å². The molecule has 0 aromatic heterocycles. The number of hydrogen-bond donors (Lipinski definition) is 2. The van der Waals surface area contributed by atoms with Crippen molar-refractivity contribution in [2.75, 3.05) is 24.1 Å². The minimum Gasteiger partial charge on any atom is -0.457 e. The van der Waals surface area contributed by atoms with Crippen LogP contribution in [0.3, 0.4) is 0 Å². The number of carbonyl (C=O) groups is 1. The first-order valence-corrected chi connectivity index (χ1v) is 16.1. The van der Waals surface area contributed by atoms with E-state index in [0.29, 0.717) is 23.3 Å². The van der Waals surface area contributed by atoms with Gasteiger partial charge in [0.05, 0.1) is 6.26 Å². The lowest BCUT2D eigenvalue weighted by Gasteiger charge is -2.35. The molecule has 0 bridgehead atoms. The zero-order chi connectivity index (χ0) is 27.0. The third-order valence-electron chi connectivity index (χ3n) is 7.81. The van der Waals surface area contributed by atoms with Gasteiger partial charge in [-0.15, -0.1) is 0 Å². The van der Waals surface area contributed by atoms with Crippen LogP contribution in [-0.2, 0) is 21.4 Å². The maximum Gasteiger partial charge on any atom is 0.229 e. The van der Waals surface area contributed by atoms with Crippen LogP contribution in [0.1, 0.15) is 70.3 Å². The quantitative estimate of drug-likeness (QED) is 0.368. The predicted octanol–water partition coefficient (Wildman–Crippen LogP) is 5.93. The van der Waals surface area contributed by atoms with Gasteiger partial charge < -0.3 is 10.1 Å². The second kappa shape index (κ2) is 13.5. The number of nitrogens with zero attached hydrogens (tertiary/aromatic N) is 1. The van der Waals surface area contributed by atoms with Crippen LogP contribution in [-0.4, -0.2) is 44.6 Å². The summed E-state index contributed by atoms with van der Waals surface area (Å²) in [5, 5.41) is 3.41. The van der Waals surface area contributed by atoms with Crippen molar-refractivity contribution in [3.05, 3.63) is 54.1 Å². The third-order valence-corrected chi connectivity index (χ3v) is 8.42. The molecule has 0 spiro atoms. The average molecular weight is 542 g/mol. The van der Waals surface area contributed by atoms with Crippen molar-refractivity contribution in [1.82, 2.24) is 10.2 Å². The zero-order valence-electron chi connectivity index (χ0n) is 22.8. The molecule has 1 saturated heterocycles. The second-order valence-electron chi connectivity index (χ2n) is 11.0. The van der Waals surface area contributed by atoms with Crippen LogP contribution < -0.4 is 14.8 Å². The van der Waals surface area contributed by atoms with E-state index >= 15 is 0 Å². The number of sulfonamides is 1. The lowest BCUT2D eigenvalue weighted by molar-refractivity contribution is -0.128. The monoisotopic (exact) mass is 541 g/mol. The van der Waals surface area contributed by atoms with Crippen molar-refractivity contribution in [3.8, 4) is 11.5 Å². The summed E-state index contributed by atoms with van der Waals surface area (Å²) in [6, 6.07) is 15.2. The Labute approximate surface area is 228 Å². The highest BCUT2D eigenvalue weighted by molar-refractivity contribution is 7.92. The Hall–Kier alpha value is -2.58. The maximum atomic E-state index is 13.1. The van der Waals surface area contributed by atoms with Crippen LogP contribution in [0.5, 0.6) is 11.5 Å². The molecule has 7 nitrogen and oxygen atoms in total. The fraction of sp³-hybridized carbons (Fsp3) is 0.567. The summed E-state index contributed by atoms with van der Waals surface area (Å²) in [4.78, 5) is 15.6. The SMILES string of the molecule is CCCC(C(=O)NC1CCN(Cc2ccc(Oc3ccc(NS(C)(=O)=O)cc3)cc2)CC1)C1CCCCC1. The number of piperidine rings is 1. The van der Waals surface area contributed by atoms with Gasteiger partial charge in [0, 0.05) is 37.3 Å². The predicted molar refractivity (Wildman–Crippen MR) is 153 cm³/mol. The van der Waals surface area contributed by atoms with Gasteiger partial charge in [0.2, 0.25) is 15.9 Å². The summed E-state index contributed by atoms with van der Waals surface area (Å²) in [7, 11) is -3.30. The summed E-state index contributed by atoms with van der Waals surface area (Å²) in [6.45, 7) is 5.05. The molecule has 1 saturated carbocycles. The Kier molecular flexibility index (Phi) is 10.1. The first kappa shape index (κ1) is 28.4. The molecule has 1 amide bonds.